The van der Waals surface area contributed by atoms with E-state index in [9.17, 15) is 4.79 Å². The molecule has 0 aliphatic carbocycles. The third-order valence-corrected chi connectivity index (χ3v) is 3.64. The highest BCUT2D eigenvalue weighted by molar-refractivity contribution is 6.29. The number of benzene rings is 1. The molecule has 6 heteroatoms. The first-order valence-corrected chi connectivity index (χ1v) is 7.36. The lowest BCUT2D eigenvalue weighted by atomic mass is 10.0. The van der Waals surface area contributed by atoms with Crippen LogP contribution in [0.1, 0.15) is 21.6 Å². The van der Waals surface area contributed by atoms with Crippen molar-refractivity contribution >= 4 is 23.2 Å². The molecule has 22 heavy (non-hydrogen) atoms. The number of nitrogens with zero attached hydrogens (tertiary/aromatic N) is 1. The molecule has 0 spiro atoms. The summed E-state index contributed by atoms with van der Waals surface area (Å²) in [7, 11) is 0. The van der Waals surface area contributed by atoms with Gasteiger partial charge >= 0.3 is 0 Å². The topological polar surface area (TPSA) is 77.2 Å². The minimum atomic E-state index is -0.236. The molecular weight excluding hydrogens is 302 g/mol. The molecule has 0 fully saturated rings. The molecule has 0 saturated carbocycles. The molecular formula is C16H16ClN3O2. The van der Waals surface area contributed by atoms with Crippen LogP contribution in [-0.2, 0) is 6.42 Å². The average molecular weight is 318 g/mol. The first-order valence-electron chi connectivity index (χ1n) is 6.98. The molecule has 114 valence electrons. The zero-order chi connectivity index (χ0) is 15.7. The molecule has 1 amide bonds. The molecule has 3 N–H and O–H groups in total. The molecule has 1 aromatic carbocycles. The summed E-state index contributed by atoms with van der Waals surface area (Å²) in [6.45, 7) is 2.28. The molecule has 5 nitrogen and oxygen atoms in total. The van der Waals surface area contributed by atoms with E-state index < -0.39 is 0 Å². The summed E-state index contributed by atoms with van der Waals surface area (Å²) >= 11 is 5.88. The van der Waals surface area contributed by atoms with Gasteiger partial charge in [-0.15, -0.1) is 0 Å². The Labute approximate surface area is 133 Å². The van der Waals surface area contributed by atoms with Crippen molar-refractivity contribution in [2.75, 3.05) is 11.9 Å². The highest BCUT2D eigenvalue weighted by atomic mass is 35.5. The van der Waals surface area contributed by atoms with E-state index in [0.717, 1.165) is 17.7 Å². The fraction of sp³-hybridized carbons (Fsp3) is 0.250. The van der Waals surface area contributed by atoms with Crippen molar-refractivity contribution in [2.24, 2.45) is 5.73 Å². The number of carbonyl (C=O) groups is 1. The van der Waals surface area contributed by atoms with Crippen LogP contribution in [0.2, 0.25) is 5.15 Å². The summed E-state index contributed by atoms with van der Waals surface area (Å²) in [5, 5.41) is 3.14. The van der Waals surface area contributed by atoms with Gasteiger partial charge in [0.15, 0.2) is 0 Å². The summed E-state index contributed by atoms with van der Waals surface area (Å²) in [5.74, 6) is 0.531. The molecule has 0 saturated heterocycles. The van der Waals surface area contributed by atoms with E-state index in [0.29, 0.717) is 28.7 Å². The number of fused-ring (bicyclic) bond motifs is 1. The first-order chi connectivity index (χ1) is 10.5. The lowest BCUT2D eigenvalue weighted by molar-refractivity contribution is 0.102. The first kappa shape index (κ1) is 14.8. The molecule has 3 rings (SSSR count). The maximum atomic E-state index is 12.3. The maximum Gasteiger partial charge on any atom is 0.255 e. The minimum Gasteiger partial charge on any atom is -0.492 e. The second-order valence-electron chi connectivity index (χ2n) is 5.37. The van der Waals surface area contributed by atoms with E-state index in [4.69, 9.17) is 22.1 Å². The van der Waals surface area contributed by atoms with E-state index in [1.54, 1.807) is 13.0 Å². The molecule has 2 aromatic rings. The third kappa shape index (κ3) is 3.21. The number of ether oxygens (including phenoxy) is 1. The number of anilines is 1. The van der Waals surface area contributed by atoms with Gasteiger partial charge in [-0.25, -0.2) is 4.98 Å². The lowest BCUT2D eigenvalue weighted by Crippen LogP contribution is -2.33. The van der Waals surface area contributed by atoms with E-state index in [-0.39, 0.29) is 11.9 Å². The fourth-order valence-corrected chi connectivity index (χ4v) is 2.69. The van der Waals surface area contributed by atoms with Crippen LogP contribution in [0.4, 0.5) is 5.69 Å². The van der Waals surface area contributed by atoms with Gasteiger partial charge in [0.25, 0.3) is 5.91 Å². The predicted octanol–water partition coefficient (Wildman–Crippen LogP) is 2.56. The van der Waals surface area contributed by atoms with Crippen LogP contribution in [0.3, 0.4) is 0 Å². The normalized spacial score (nSPS) is 16.6. The number of pyridine rings is 1. The van der Waals surface area contributed by atoms with Gasteiger partial charge in [0, 0.05) is 29.1 Å². The summed E-state index contributed by atoms with van der Waals surface area (Å²) in [5.41, 5.74) is 8.75. The SMILES string of the molecule is Cc1cc(C(=O)Nc2ccc3c(c2)OCC(N)C3)cc(Cl)n1. The molecule has 1 aliphatic heterocycles. The molecule has 1 aromatic heterocycles. The van der Waals surface area contributed by atoms with Gasteiger partial charge in [0.05, 0.1) is 0 Å². The quantitative estimate of drug-likeness (QED) is 0.835. The Bertz CT molecular complexity index is 713. The van der Waals surface area contributed by atoms with Gasteiger partial charge < -0.3 is 15.8 Å². The number of amides is 1. The summed E-state index contributed by atoms with van der Waals surface area (Å²) in [4.78, 5) is 16.3. The zero-order valence-electron chi connectivity index (χ0n) is 12.1. The van der Waals surface area contributed by atoms with Gasteiger partial charge in [-0.3, -0.25) is 4.79 Å². The molecule has 0 bridgehead atoms. The molecule has 1 aliphatic rings. The molecule has 1 unspecified atom stereocenters. The average Bonchev–Trinajstić information content (AvgIpc) is 2.46. The summed E-state index contributed by atoms with van der Waals surface area (Å²) in [6, 6.07) is 8.83. The minimum absolute atomic E-state index is 0.0230. The number of aryl methyl sites for hydroxylation is 1. The van der Waals surface area contributed by atoms with Crippen LogP contribution in [0.5, 0.6) is 5.75 Å². The summed E-state index contributed by atoms with van der Waals surface area (Å²) in [6.07, 6.45) is 0.780. The monoisotopic (exact) mass is 317 g/mol. The second kappa shape index (κ2) is 5.94. The number of halogens is 1. The summed E-state index contributed by atoms with van der Waals surface area (Å²) < 4.78 is 5.59. The standard InChI is InChI=1S/C16H16ClN3O2/c1-9-4-11(6-15(17)19-9)16(21)20-13-3-2-10-5-12(18)8-22-14(10)7-13/h2-4,6-7,12H,5,8,18H2,1H3,(H,20,21). The number of nitrogens with two attached hydrogens (primary N) is 1. The van der Waals surface area contributed by atoms with Gasteiger partial charge in [-0.1, -0.05) is 17.7 Å². The smallest absolute Gasteiger partial charge is 0.255 e. The zero-order valence-corrected chi connectivity index (χ0v) is 12.9. The van der Waals surface area contributed by atoms with Crippen molar-refractivity contribution < 1.29 is 9.53 Å². The number of carbonyl (C=O) groups excluding carboxylic acids is 1. The Morgan fingerprint density at radius 2 is 2.23 bits per heavy atom. The van der Waals surface area contributed by atoms with Crippen LogP contribution < -0.4 is 15.8 Å². The van der Waals surface area contributed by atoms with Gasteiger partial charge in [0.2, 0.25) is 0 Å². The number of nitrogens with one attached hydrogen (secondary N) is 1. The number of hydrogen-bond donors (Lipinski definition) is 2. The lowest BCUT2D eigenvalue weighted by Gasteiger charge is -2.23. The van der Waals surface area contributed by atoms with Crippen LogP contribution >= 0.6 is 11.6 Å². The molecule has 0 radical (unpaired) electrons. The van der Waals surface area contributed by atoms with Crippen molar-refractivity contribution in [1.82, 2.24) is 4.98 Å². The van der Waals surface area contributed by atoms with Crippen LogP contribution in [0.15, 0.2) is 30.3 Å². The van der Waals surface area contributed by atoms with Crippen molar-refractivity contribution in [3.63, 3.8) is 0 Å². The van der Waals surface area contributed by atoms with Crippen molar-refractivity contribution in [3.8, 4) is 5.75 Å². The van der Waals surface area contributed by atoms with Crippen LogP contribution in [0, 0.1) is 6.92 Å². The third-order valence-electron chi connectivity index (χ3n) is 3.44. The van der Waals surface area contributed by atoms with Crippen molar-refractivity contribution in [3.05, 3.63) is 52.3 Å². The second-order valence-corrected chi connectivity index (χ2v) is 5.76. The van der Waals surface area contributed by atoms with E-state index in [1.807, 2.05) is 18.2 Å². The number of hydrogen-bond acceptors (Lipinski definition) is 4. The van der Waals surface area contributed by atoms with Crippen LogP contribution in [0.25, 0.3) is 0 Å². The van der Waals surface area contributed by atoms with E-state index in [1.165, 1.54) is 6.07 Å². The molecule has 2 heterocycles. The van der Waals surface area contributed by atoms with Crippen molar-refractivity contribution in [1.29, 1.82) is 0 Å². The van der Waals surface area contributed by atoms with Crippen LogP contribution in [-0.4, -0.2) is 23.5 Å². The Balaban J connectivity index is 1.79. The van der Waals surface area contributed by atoms with Gasteiger partial charge in [-0.2, -0.15) is 0 Å². The Morgan fingerprint density at radius 3 is 3.00 bits per heavy atom. The number of rotatable bonds is 2. The maximum absolute atomic E-state index is 12.3. The van der Waals surface area contributed by atoms with Crippen molar-refractivity contribution in [2.45, 2.75) is 19.4 Å². The predicted molar refractivity (Wildman–Crippen MR) is 85.6 cm³/mol. The molecule has 1 atom stereocenters. The van der Waals surface area contributed by atoms with Gasteiger partial charge in [-0.05, 0) is 37.1 Å². The highest BCUT2D eigenvalue weighted by Crippen LogP contribution is 2.28. The van der Waals surface area contributed by atoms with E-state index in [2.05, 4.69) is 10.3 Å². The highest BCUT2D eigenvalue weighted by Gasteiger charge is 2.17. The Kier molecular flexibility index (Phi) is 4.00. The van der Waals surface area contributed by atoms with Gasteiger partial charge in [0.1, 0.15) is 17.5 Å². The fourth-order valence-electron chi connectivity index (χ4n) is 2.44. The Morgan fingerprint density at radius 1 is 1.41 bits per heavy atom. The Hall–Kier alpha value is -2.11. The number of aromatic nitrogens is 1. The van der Waals surface area contributed by atoms with E-state index >= 15 is 0 Å². The largest absolute Gasteiger partial charge is 0.492 e.